The van der Waals surface area contributed by atoms with E-state index in [1.54, 1.807) is 0 Å². The van der Waals surface area contributed by atoms with Crippen molar-refractivity contribution in [1.82, 2.24) is 10.6 Å². The Labute approximate surface area is 189 Å². The maximum Gasteiger partial charge on any atom is 0.407 e. The van der Waals surface area contributed by atoms with Crippen molar-refractivity contribution in [1.29, 1.82) is 0 Å². The van der Waals surface area contributed by atoms with Crippen LogP contribution in [-0.2, 0) is 32.1 Å². The van der Waals surface area contributed by atoms with Crippen LogP contribution in [0.4, 0.5) is 4.79 Å². The van der Waals surface area contributed by atoms with Crippen LogP contribution >= 0.6 is 0 Å². The molecule has 172 valence electrons. The average molecular weight is 441 g/mol. The first kappa shape index (κ1) is 24.9. The molecule has 0 bridgehead atoms. The fourth-order valence-corrected chi connectivity index (χ4v) is 3.23. The highest BCUT2D eigenvalue weighted by Gasteiger charge is 2.21. The first-order valence-corrected chi connectivity index (χ1v) is 10.8. The molecule has 0 saturated heterocycles. The van der Waals surface area contributed by atoms with Gasteiger partial charge < -0.3 is 20.1 Å². The summed E-state index contributed by atoms with van der Waals surface area (Å²) in [6.07, 6.45) is 2.40. The van der Waals surface area contributed by atoms with Crippen LogP contribution in [0, 0.1) is 6.92 Å². The number of carbonyl (C=O) groups excluding carboxylic acids is 3. The molecule has 0 aliphatic carbocycles. The molecule has 2 N–H and O–H groups in total. The molecule has 0 unspecified atom stereocenters. The van der Waals surface area contributed by atoms with Crippen molar-refractivity contribution in [2.24, 2.45) is 0 Å². The van der Waals surface area contributed by atoms with Gasteiger partial charge in [-0.25, -0.2) is 9.59 Å². The second-order valence-corrected chi connectivity index (χ2v) is 7.64. The third-order valence-corrected chi connectivity index (χ3v) is 4.91. The summed E-state index contributed by atoms with van der Waals surface area (Å²) < 4.78 is 9.99. The van der Waals surface area contributed by atoms with E-state index in [2.05, 4.69) is 10.6 Å². The second kappa shape index (κ2) is 13.9. The van der Waals surface area contributed by atoms with Crippen molar-refractivity contribution in [3.63, 3.8) is 0 Å². The van der Waals surface area contributed by atoms with E-state index in [0.717, 1.165) is 29.5 Å². The van der Waals surface area contributed by atoms with Crippen LogP contribution in [0.15, 0.2) is 54.6 Å². The zero-order valence-corrected chi connectivity index (χ0v) is 18.8. The van der Waals surface area contributed by atoms with E-state index < -0.39 is 18.1 Å². The number of unbranched alkanes of at least 4 members (excludes halogenated alkanes) is 2. The topological polar surface area (TPSA) is 93.7 Å². The molecule has 0 fully saturated rings. The summed E-state index contributed by atoms with van der Waals surface area (Å²) >= 11 is 0. The van der Waals surface area contributed by atoms with Crippen LogP contribution in [0.25, 0.3) is 0 Å². The lowest BCUT2D eigenvalue weighted by Crippen LogP contribution is -2.43. The standard InChI is InChI=1S/C25H32N2O5/c1-19-10-9-13-21(16-19)17-22(24(29)31-2)27-23(28)14-7-4-8-15-26-25(30)32-18-20-11-5-3-6-12-20/h3,5-6,9-13,16,22H,4,7-8,14-15,17-18H2,1-2H3,(H,26,30)(H,27,28)/t22-/m1/s1. The van der Waals surface area contributed by atoms with Gasteiger partial charge in [0.25, 0.3) is 0 Å². The molecule has 2 rings (SSSR count). The molecular weight excluding hydrogens is 408 g/mol. The summed E-state index contributed by atoms with van der Waals surface area (Å²) in [5, 5.41) is 5.48. The number of alkyl carbamates (subject to hydrolysis) is 1. The summed E-state index contributed by atoms with van der Waals surface area (Å²) in [7, 11) is 1.32. The number of aryl methyl sites for hydroxylation is 1. The molecule has 7 heteroatoms. The molecule has 0 aliphatic rings. The Morgan fingerprint density at radius 3 is 2.41 bits per heavy atom. The lowest BCUT2D eigenvalue weighted by Gasteiger charge is -2.17. The number of nitrogens with one attached hydrogen (secondary N) is 2. The number of amides is 2. The SMILES string of the molecule is COC(=O)[C@@H](Cc1cccc(C)c1)NC(=O)CCCCCNC(=O)OCc1ccccc1. The lowest BCUT2D eigenvalue weighted by atomic mass is 10.0. The molecule has 1 atom stereocenters. The van der Waals surface area contributed by atoms with Crippen LogP contribution < -0.4 is 10.6 Å². The summed E-state index contributed by atoms with van der Waals surface area (Å²) in [6, 6.07) is 16.6. The van der Waals surface area contributed by atoms with Gasteiger partial charge in [-0.3, -0.25) is 4.79 Å². The number of methoxy groups -OCH3 is 1. The highest BCUT2D eigenvalue weighted by molar-refractivity contribution is 5.84. The fourth-order valence-electron chi connectivity index (χ4n) is 3.23. The summed E-state index contributed by atoms with van der Waals surface area (Å²) in [6.45, 7) is 2.69. The van der Waals surface area contributed by atoms with E-state index in [0.29, 0.717) is 25.8 Å². The maximum absolute atomic E-state index is 12.3. The van der Waals surface area contributed by atoms with Gasteiger partial charge in [0.2, 0.25) is 5.91 Å². The van der Waals surface area contributed by atoms with Gasteiger partial charge in [-0.15, -0.1) is 0 Å². The van der Waals surface area contributed by atoms with Gasteiger partial charge in [0, 0.05) is 19.4 Å². The van der Waals surface area contributed by atoms with Gasteiger partial charge in [0.15, 0.2) is 0 Å². The zero-order chi connectivity index (χ0) is 23.2. The predicted molar refractivity (Wildman–Crippen MR) is 122 cm³/mol. The molecule has 0 spiro atoms. The van der Waals surface area contributed by atoms with Crippen LogP contribution in [-0.4, -0.2) is 37.7 Å². The molecule has 0 heterocycles. The molecule has 0 aliphatic heterocycles. The van der Waals surface area contributed by atoms with Crippen molar-refractivity contribution in [3.05, 3.63) is 71.3 Å². The summed E-state index contributed by atoms with van der Waals surface area (Å²) in [5.74, 6) is -0.652. The van der Waals surface area contributed by atoms with Gasteiger partial charge >= 0.3 is 12.1 Å². The quantitative estimate of drug-likeness (QED) is 0.388. The van der Waals surface area contributed by atoms with E-state index in [1.165, 1.54) is 7.11 Å². The third-order valence-electron chi connectivity index (χ3n) is 4.91. The molecular formula is C25H32N2O5. The van der Waals surface area contributed by atoms with Crippen molar-refractivity contribution in [2.75, 3.05) is 13.7 Å². The van der Waals surface area contributed by atoms with Crippen molar-refractivity contribution in [2.45, 2.75) is 51.7 Å². The highest BCUT2D eigenvalue weighted by atomic mass is 16.5. The predicted octanol–water partition coefficient (Wildman–Crippen LogP) is 3.68. The number of hydrogen-bond donors (Lipinski definition) is 2. The van der Waals surface area contributed by atoms with Gasteiger partial charge in [-0.1, -0.05) is 66.6 Å². The number of rotatable bonds is 12. The minimum atomic E-state index is -0.713. The summed E-state index contributed by atoms with van der Waals surface area (Å²) in [4.78, 5) is 36.1. The molecule has 0 saturated carbocycles. The van der Waals surface area contributed by atoms with Crippen LogP contribution in [0.1, 0.15) is 42.4 Å². The first-order chi connectivity index (χ1) is 15.5. The Bertz CT molecular complexity index is 870. The monoisotopic (exact) mass is 440 g/mol. The summed E-state index contributed by atoms with van der Waals surface area (Å²) in [5.41, 5.74) is 2.99. The van der Waals surface area contributed by atoms with Crippen molar-refractivity contribution >= 4 is 18.0 Å². The van der Waals surface area contributed by atoms with Gasteiger partial charge in [-0.2, -0.15) is 0 Å². The smallest absolute Gasteiger partial charge is 0.407 e. The van der Waals surface area contributed by atoms with E-state index in [9.17, 15) is 14.4 Å². The lowest BCUT2D eigenvalue weighted by molar-refractivity contribution is -0.145. The number of esters is 1. The molecule has 2 aromatic rings. The van der Waals surface area contributed by atoms with Crippen LogP contribution in [0.2, 0.25) is 0 Å². The molecule has 0 aromatic heterocycles. The van der Waals surface area contributed by atoms with E-state index in [-0.39, 0.29) is 12.5 Å². The third kappa shape index (κ3) is 9.64. The Balaban J connectivity index is 1.61. The zero-order valence-electron chi connectivity index (χ0n) is 18.8. The van der Waals surface area contributed by atoms with Gasteiger partial charge in [0.1, 0.15) is 12.6 Å². The molecule has 2 amide bonds. The number of carbonyl (C=O) groups is 3. The normalized spacial score (nSPS) is 11.3. The first-order valence-electron chi connectivity index (χ1n) is 10.8. The molecule has 0 radical (unpaired) electrons. The fraction of sp³-hybridized carbons (Fsp3) is 0.400. The van der Waals surface area contributed by atoms with Gasteiger partial charge in [-0.05, 0) is 30.9 Å². The molecule has 7 nitrogen and oxygen atoms in total. The van der Waals surface area contributed by atoms with E-state index in [1.807, 2.05) is 61.5 Å². The average Bonchev–Trinajstić information content (AvgIpc) is 2.79. The Hall–Kier alpha value is -3.35. The van der Waals surface area contributed by atoms with Crippen LogP contribution in [0.5, 0.6) is 0 Å². The second-order valence-electron chi connectivity index (χ2n) is 7.64. The van der Waals surface area contributed by atoms with Crippen molar-refractivity contribution < 1.29 is 23.9 Å². The highest BCUT2D eigenvalue weighted by Crippen LogP contribution is 2.09. The minimum absolute atomic E-state index is 0.191. The van der Waals surface area contributed by atoms with Crippen molar-refractivity contribution in [3.8, 4) is 0 Å². The number of benzene rings is 2. The number of hydrogen-bond acceptors (Lipinski definition) is 5. The number of ether oxygens (including phenoxy) is 2. The molecule has 2 aromatic carbocycles. The Morgan fingerprint density at radius 2 is 1.69 bits per heavy atom. The Kier molecular flexibility index (Phi) is 10.8. The van der Waals surface area contributed by atoms with Gasteiger partial charge in [0.05, 0.1) is 7.11 Å². The molecule has 32 heavy (non-hydrogen) atoms. The minimum Gasteiger partial charge on any atom is -0.467 e. The van der Waals surface area contributed by atoms with E-state index in [4.69, 9.17) is 9.47 Å². The Morgan fingerprint density at radius 1 is 0.938 bits per heavy atom. The maximum atomic E-state index is 12.3. The van der Waals surface area contributed by atoms with E-state index >= 15 is 0 Å². The van der Waals surface area contributed by atoms with Crippen LogP contribution in [0.3, 0.4) is 0 Å². The largest absolute Gasteiger partial charge is 0.467 e.